The van der Waals surface area contributed by atoms with Gasteiger partial charge >= 0.3 is 0 Å². The zero-order chi connectivity index (χ0) is 22.7. The fourth-order valence-corrected chi connectivity index (χ4v) is 3.96. The minimum Gasteiger partial charge on any atom is -0.507 e. The summed E-state index contributed by atoms with van der Waals surface area (Å²) < 4.78 is 0. The van der Waals surface area contributed by atoms with Gasteiger partial charge < -0.3 is 10.0 Å². The Labute approximate surface area is 184 Å². The molecule has 7 nitrogen and oxygen atoms in total. The lowest BCUT2D eigenvalue weighted by molar-refractivity contribution is -0.385. The molecule has 3 aromatic carbocycles. The molecule has 1 amide bonds. The number of para-hydroxylation sites is 1. The van der Waals surface area contributed by atoms with E-state index >= 15 is 0 Å². The highest BCUT2D eigenvalue weighted by molar-refractivity contribution is 6.46. The van der Waals surface area contributed by atoms with Crippen molar-refractivity contribution < 1.29 is 19.6 Å². The summed E-state index contributed by atoms with van der Waals surface area (Å²) in [5.74, 6) is -2.00. The van der Waals surface area contributed by atoms with E-state index < -0.39 is 22.7 Å². The highest BCUT2D eigenvalue weighted by atomic mass is 16.6. The summed E-state index contributed by atoms with van der Waals surface area (Å²) in [6, 6.07) is 22.7. The molecule has 0 aliphatic carbocycles. The third-order valence-electron chi connectivity index (χ3n) is 5.50. The number of aliphatic hydroxyl groups excluding tert-OH is 1. The van der Waals surface area contributed by atoms with Crippen molar-refractivity contribution in [2.24, 2.45) is 0 Å². The molecule has 0 bridgehead atoms. The number of Topliss-reactive ketones (excluding diaryl/α,β-unsaturated/α-hetero) is 1. The molecular formula is C25H20N2O5. The van der Waals surface area contributed by atoms with Gasteiger partial charge in [-0.15, -0.1) is 0 Å². The molecule has 0 radical (unpaired) electrons. The van der Waals surface area contributed by atoms with E-state index in [4.69, 9.17) is 0 Å². The fourth-order valence-electron chi connectivity index (χ4n) is 3.96. The molecule has 3 aromatic rings. The van der Waals surface area contributed by atoms with Crippen molar-refractivity contribution in [3.05, 3.63) is 117 Å². The average Bonchev–Trinajstić information content (AvgIpc) is 3.08. The number of carbonyl (C=O) groups is 2. The number of aliphatic hydroxyl groups is 1. The molecule has 4 rings (SSSR count). The number of hydrogen-bond donors (Lipinski definition) is 1. The molecule has 1 saturated heterocycles. The molecule has 1 N–H and O–H groups in total. The summed E-state index contributed by atoms with van der Waals surface area (Å²) in [7, 11) is 0. The van der Waals surface area contributed by atoms with Crippen molar-refractivity contribution in [1.29, 1.82) is 0 Å². The van der Waals surface area contributed by atoms with Crippen LogP contribution in [-0.2, 0) is 16.0 Å². The molecule has 1 atom stereocenters. The Hall–Kier alpha value is -4.26. The molecule has 160 valence electrons. The van der Waals surface area contributed by atoms with Gasteiger partial charge in [0, 0.05) is 18.2 Å². The number of nitro benzene ring substituents is 1. The van der Waals surface area contributed by atoms with Crippen LogP contribution in [0.3, 0.4) is 0 Å². The number of likely N-dealkylation sites (tertiary alicyclic amines) is 1. The lowest BCUT2D eigenvalue weighted by Gasteiger charge is -2.25. The molecule has 32 heavy (non-hydrogen) atoms. The number of carbonyl (C=O) groups excluding carboxylic acids is 2. The van der Waals surface area contributed by atoms with E-state index in [1.165, 1.54) is 23.1 Å². The van der Waals surface area contributed by atoms with Crippen LogP contribution in [0.5, 0.6) is 0 Å². The van der Waals surface area contributed by atoms with Crippen LogP contribution in [0.15, 0.2) is 90.5 Å². The molecule has 0 aromatic heterocycles. The highest BCUT2D eigenvalue weighted by Gasteiger charge is 2.47. The molecule has 1 unspecified atom stereocenters. The van der Waals surface area contributed by atoms with E-state index in [1.54, 1.807) is 36.4 Å². The average molecular weight is 428 g/mol. The van der Waals surface area contributed by atoms with Gasteiger partial charge in [-0.25, -0.2) is 0 Å². The molecule has 1 aliphatic rings. The van der Waals surface area contributed by atoms with E-state index in [1.807, 2.05) is 30.3 Å². The molecule has 0 saturated carbocycles. The van der Waals surface area contributed by atoms with Crippen LogP contribution < -0.4 is 0 Å². The van der Waals surface area contributed by atoms with E-state index in [2.05, 4.69) is 0 Å². The minimum atomic E-state index is -1.07. The maximum Gasteiger partial charge on any atom is 0.295 e. The van der Waals surface area contributed by atoms with Gasteiger partial charge in [0.05, 0.1) is 22.1 Å². The third kappa shape index (κ3) is 3.88. The number of rotatable bonds is 6. The zero-order valence-electron chi connectivity index (χ0n) is 17.0. The number of nitrogens with zero attached hydrogens (tertiary/aromatic N) is 2. The van der Waals surface area contributed by atoms with E-state index in [9.17, 15) is 24.8 Å². The van der Waals surface area contributed by atoms with Gasteiger partial charge in [-0.2, -0.15) is 0 Å². The Morgan fingerprint density at radius 2 is 1.50 bits per heavy atom. The van der Waals surface area contributed by atoms with Gasteiger partial charge in [0.2, 0.25) is 0 Å². The molecule has 7 heteroatoms. The summed E-state index contributed by atoms with van der Waals surface area (Å²) in [5.41, 5.74) is 1.13. The van der Waals surface area contributed by atoms with Crippen molar-refractivity contribution in [3.63, 3.8) is 0 Å². The predicted molar refractivity (Wildman–Crippen MR) is 119 cm³/mol. The number of benzene rings is 3. The van der Waals surface area contributed by atoms with Crippen LogP contribution in [0.1, 0.15) is 22.7 Å². The molecule has 1 heterocycles. The van der Waals surface area contributed by atoms with Crippen LogP contribution in [0.4, 0.5) is 5.69 Å². The summed E-state index contributed by atoms with van der Waals surface area (Å²) in [4.78, 5) is 38.5. The predicted octanol–water partition coefficient (Wildman–Crippen LogP) is 4.26. The highest BCUT2D eigenvalue weighted by Crippen LogP contribution is 2.42. The fraction of sp³-hybridized carbons (Fsp3) is 0.120. The minimum absolute atomic E-state index is 0.149. The van der Waals surface area contributed by atoms with Crippen molar-refractivity contribution >= 4 is 23.1 Å². The maximum absolute atomic E-state index is 13.0. The Morgan fingerprint density at radius 1 is 0.906 bits per heavy atom. The van der Waals surface area contributed by atoms with Crippen LogP contribution in [0, 0.1) is 10.1 Å². The summed E-state index contributed by atoms with van der Waals surface area (Å²) in [5, 5.41) is 22.7. The van der Waals surface area contributed by atoms with Crippen molar-refractivity contribution in [1.82, 2.24) is 4.90 Å². The van der Waals surface area contributed by atoms with Crippen LogP contribution in [0.2, 0.25) is 0 Å². The van der Waals surface area contributed by atoms with Crippen LogP contribution in [0.25, 0.3) is 5.76 Å². The second-order valence-corrected chi connectivity index (χ2v) is 7.41. The standard InChI is InChI=1S/C25H20N2O5/c28-23(18-11-5-2-6-12-18)21-22(19-13-7-8-14-20(19)27(31)32)26(25(30)24(21)29)16-15-17-9-3-1-4-10-17/h1-14,22,28H,15-16H2/b23-21+. The Morgan fingerprint density at radius 3 is 2.16 bits per heavy atom. The lowest BCUT2D eigenvalue weighted by atomic mass is 9.94. The normalized spacial score (nSPS) is 17.5. The Balaban J connectivity index is 1.85. The zero-order valence-corrected chi connectivity index (χ0v) is 17.0. The number of amides is 1. The molecule has 0 spiro atoms. The van der Waals surface area contributed by atoms with Gasteiger partial charge in [-0.1, -0.05) is 72.8 Å². The smallest absolute Gasteiger partial charge is 0.295 e. The van der Waals surface area contributed by atoms with Gasteiger partial charge in [-0.3, -0.25) is 19.7 Å². The lowest BCUT2D eigenvalue weighted by Crippen LogP contribution is -2.32. The number of ketones is 1. The van der Waals surface area contributed by atoms with Crippen molar-refractivity contribution in [3.8, 4) is 0 Å². The molecule has 1 fully saturated rings. The number of hydrogen-bond acceptors (Lipinski definition) is 5. The first-order chi connectivity index (χ1) is 15.5. The Kier molecular flexibility index (Phi) is 5.81. The number of nitro groups is 1. The summed E-state index contributed by atoms with van der Waals surface area (Å²) >= 11 is 0. The van der Waals surface area contributed by atoms with Gasteiger partial charge in [0.1, 0.15) is 5.76 Å². The van der Waals surface area contributed by atoms with Gasteiger partial charge in [-0.05, 0) is 18.1 Å². The topological polar surface area (TPSA) is 101 Å². The van der Waals surface area contributed by atoms with Gasteiger partial charge in [0.25, 0.3) is 17.4 Å². The Bertz CT molecular complexity index is 1210. The SMILES string of the molecule is O=C1C(=O)N(CCc2ccccc2)C(c2ccccc2[N+](=O)[O-])/C1=C(\O)c1ccccc1. The first-order valence-electron chi connectivity index (χ1n) is 10.1. The van der Waals surface area contributed by atoms with Crippen LogP contribution in [-0.4, -0.2) is 33.2 Å². The van der Waals surface area contributed by atoms with Gasteiger partial charge in [0.15, 0.2) is 0 Å². The molecular weight excluding hydrogens is 408 g/mol. The second-order valence-electron chi connectivity index (χ2n) is 7.41. The first kappa shape index (κ1) is 21.0. The van der Waals surface area contributed by atoms with Crippen molar-refractivity contribution in [2.75, 3.05) is 6.54 Å². The first-order valence-corrected chi connectivity index (χ1v) is 10.1. The van der Waals surface area contributed by atoms with E-state index in [-0.39, 0.29) is 29.1 Å². The quantitative estimate of drug-likeness (QED) is 0.208. The van der Waals surface area contributed by atoms with Crippen molar-refractivity contribution in [2.45, 2.75) is 12.5 Å². The molecule has 1 aliphatic heterocycles. The summed E-state index contributed by atoms with van der Waals surface area (Å²) in [6.45, 7) is 0.164. The summed E-state index contributed by atoms with van der Waals surface area (Å²) in [6.07, 6.45) is 0.455. The second kappa shape index (κ2) is 8.85. The third-order valence-corrected chi connectivity index (χ3v) is 5.50. The largest absolute Gasteiger partial charge is 0.507 e. The maximum atomic E-state index is 13.0. The van der Waals surface area contributed by atoms with E-state index in [0.29, 0.717) is 12.0 Å². The van der Waals surface area contributed by atoms with Crippen LogP contribution >= 0.6 is 0 Å². The van der Waals surface area contributed by atoms with E-state index in [0.717, 1.165) is 5.56 Å². The monoisotopic (exact) mass is 428 g/mol.